The summed E-state index contributed by atoms with van der Waals surface area (Å²) in [6.07, 6.45) is 4.71. The third-order valence-electron chi connectivity index (χ3n) is 2.16. The van der Waals surface area contributed by atoms with Crippen molar-refractivity contribution in [3.05, 3.63) is 23.3 Å². The van der Waals surface area contributed by atoms with Gasteiger partial charge in [-0.05, 0) is 19.8 Å². The number of nitrogens with zero attached hydrogens (tertiary/aromatic N) is 2. The molecule has 0 saturated heterocycles. The zero-order valence-corrected chi connectivity index (χ0v) is 7.80. The largest absolute Gasteiger partial charge is 0.257 e. The lowest BCUT2D eigenvalue weighted by atomic mass is 10.00. The molecule has 1 aromatic heterocycles. The predicted octanol–water partition coefficient (Wildman–Crippen LogP) is 1.88. The molecule has 3 heteroatoms. The van der Waals surface area contributed by atoms with Crippen molar-refractivity contribution >= 4 is 11.6 Å². The van der Waals surface area contributed by atoms with Gasteiger partial charge >= 0.3 is 0 Å². The molecular weight excluding hydrogens is 172 g/mol. The number of halogens is 1. The van der Waals surface area contributed by atoms with Gasteiger partial charge in [0, 0.05) is 18.0 Å². The first-order valence-corrected chi connectivity index (χ1v) is 4.65. The number of fused-ring (bicyclic) bond motifs is 1. The Morgan fingerprint density at radius 2 is 2.33 bits per heavy atom. The van der Waals surface area contributed by atoms with Crippen molar-refractivity contribution in [3.63, 3.8) is 0 Å². The first-order valence-electron chi connectivity index (χ1n) is 4.21. The van der Waals surface area contributed by atoms with Crippen LogP contribution in [0.25, 0.3) is 0 Å². The maximum atomic E-state index is 6.02. The van der Waals surface area contributed by atoms with E-state index in [1.165, 1.54) is 0 Å². The molecule has 0 bridgehead atoms. The Hall–Kier alpha value is -0.630. The van der Waals surface area contributed by atoms with E-state index in [4.69, 9.17) is 11.6 Å². The van der Waals surface area contributed by atoms with Crippen LogP contribution in [0.2, 0.25) is 0 Å². The standard InChI is InChI=1S/C9H11ClN2/c1-6-5-11-9-4-7(10)2-3-8(9)12-6/h5,7H,2-4H2,1H3. The van der Waals surface area contributed by atoms with E-state index in [-0.39, 0.29) is 5.38 Å². The highest BCUT2D eigenvalue weighted by molar-refractivity contribution is 6.20. The Bertz CT molecular complexity index is 299. The van der Waals surface area contributed by atoms with E-state index in [0.29, 0.717) is 0 Å². The maximum absolute atomic E-state index is 6.02. The Balaban J connectivity index is 2.37. The molecule has 0 fully saturated rings. The van der Waals surface area contributed by atoms with Gasteiger partial charge in [0.2, 0.25) is 0 Å². The molecule has 0 saturated carbocycles. The zero-order valence-electron chi connectivity index (χ0n) is 7.05. The molecule has 1 aliphatic carbocycles. The Labute approximate surface area is 77.0 Å². The number of hydrogen-bond acceptors (Lipinski definition) is 2. The summed E-state index contributed by atoms with van der Waals surface area (Å²) in [6, 6.07) is 0. The number of hydrogen-bond donors (Lipinski definition) is 0. The fraction of sp³-hybridized carbons (Fsp3) is 0.556. The fourth-order valence-corrected chi connectivity index (χ4v) is 1.78. The molecule has 2 rings (SSSR count). The molecular formula is C9H11ClN2. The van der Waals surface area contributed by atoms with Gasteiger partial charge in [-0.25, -0.2) is 0 Å². The van der Waals surface area contributed by atoms with Crippen molar-refractivity contribution in [3.8, 4) is 0 Å². The first kappa shape index (κ1) is 7.99. The minimum atomic E-state index is 0.259. The molecule has 1 aromatic rings. The second-order valence-electron chi connectivity index (χ2n) is 3.24. The molecule has 1 unspecified atom stereocenters. The third kappa shape index (κ3) is 1.44. The lowest BCUT2D eigenvalue weighted by Gasteiger charge is -2.17. The third-order valence-corrected chi connectivity index (χ3v) is 2.53. The van der Waals surface area contributed by atoms with Crippen LogP contribution in [0, 0.1) is 6.92 Å². The summed E-state index contributed by atoms with van der Waals surface area (Å²) in [4.78, 5) is 8.75. The highest BCUT2D eigenvalue weighted by Crippen LogP contribution is 2.21. The molecule has 1 aliphatic rings. The molecule has 12 heavy (non-hydrogen) atoms. The Morgan fingerprint density at radius 1 is 1.50 bits per heavy atom. The van der Waals surface area contributed by atoms with Crippen LogP contribution < -0.4 is 0 Å². The summed E-state index contributed by atoms with van der Waals surface area (Å²) < 4.78 is 0. The first-order chi connectivity index (χ1) is 5.75. The van der Waals surface area contributed by atoms with E-state index < -0.39 is 0 Å². The molecule has 0 aromatic carbocycles. The molecule has 0 N–H and O–H groups in total. The maximum Gasteiger partial charge on any atom is 0.0633 e. The molecule has 0 aliphatic heterocycles. The SMILES string of the molecule is Cc1cnc2c(n1)CCC(Cl)C2. The molecule has 64 valence electrons. The molecule has 0 radical (unpaired) electrons. The van der Waals surface area contributed by atoms with Crippen molar-refractivity contribution in [1.82, 2.24) is 9.97 Å². The average molecular weight is 183 g/mol. The molecule has 1 atom stereocenters. The second-order valence-corrected chi connectivity index (χ2v) is 3.86. The van der Waals surface area contributed by atoms with E-state index >= 15 is 0 Å². The van der Waals surface area contributed by atoms with Crippen molar-refractivity contribution in [2.45, 2.75) is 31.6 Å². The highest BCUT2D eigenvalue weighted by atomic mass is 35.5. The highest BCUT2D eigenvalue weighted by Gasteiger charge is 2.18. The summed E-state index contributed by atoms with van der Waals surface area (Å²) in [5, 5.41) is 0.259. The van der Waals surface area contributed by atoms with Gasteiger partial charge in [-0.2, -0.15) is 0 Å². The number of aromatic nitrogens is 2. The van der Waals surface area contributed by atoms with E-state index in [2.05, 4.69) is 9.97 Å². The van der Waals surface area contributed by atoms with Crippen LogP contribution in [0.3, 0.4) is 0 Å². The van der Waals surface area contributed by atoms with Crippen LogP contribution in [0.15, 0.2) is 6.20 Å². The van der Waals surface area contributed by atoms with E-state index in [9.17, 15) is 0 Å². The number of aryl methyl sites for hydroxylation is 2. The molecule has 1 heterocycles. The topological polar surface area (TPSA) is 25.8 Å². The van der Waals surface area contributed by atoms with Gasteiger partial charge in [0.25, 0.3) is 0 Å². The van der Waals surface area contributed by atoms with Crippen LogP contribution >= 0.6 is 11.6 Å². The molecule has 2 nitrogen and oxygen atoms in total. The summed E-state index contributed by atoms with van der Waals surface area (Å²) in [5.74, 6) is 0. The van der Waals surface area contributed by atoms with Gasteiger partial charge in [0.1, 0.15) is 0 Å². The second kappa shape index (κ2) is 3.02. The lowest BCUT2D eigenvalue weighted by Crippen LogP contribution is -2.17. The Kier molecular flexibility index (Phi) is 2.01. The zero-order chi connectivity index (χ0) is 8.55. The van der Waals surface area contributed by atoms with Crippen molar-refractivity contribution in [2.75, 3.05) is 0 Å². The van der Waals surface area contributed by atoms with E-state index in [0.717, 1.165) is 36.3 Å². The van der Waals surface area contributed by atoms with Gasteiger partial charge in [0.15, 0.2) is 0 Å². The van der Waals surface area contributed by atoms with Crippen LogP contribution in [0.1, 0.15) is 23.5 Å². The van der Waals surface area contributed by atoms with Gasteiger partial charge < -0.3 is 0 Å². The van der Waals surface area contributed by atoms with Crippen LogP contribution in [-0.4, -0.2) is 15.3 Å². The molecule has 0 spiro atoms. The minimum Gasteiger partial charge on any atom is -0.257 e. The van der Waals surface area contributed by atoms with Gasteiger partial charge in [-0.3, -0.25) is 9.97 Å². The average Bonchev–Trinajstić information content (AvgIpc) is 2.05. The lowest BCUT2D eigenvalue weighted by molar-refractivity contribution is 0.653. The number of alkyl halides is 1. The monoisotopic (exact) mass is 182 g/mol. The quantitative estimate of drug-likeness (QED) is 0.573. The predicted molar refractivity (Wildman–Crippen MR) is 48.4 cm³/mol. The van der Waals surface area contributed by atoms with Crippen molar-refractivity contribution < 1.29 is 0 Å². The number of rotatable bonds is 0. The summed E-state index contributed by atoms with van der Waals surface area (Å²) in [6.45, 7) is 1.97. The summed E-state index contributed by atoms with van der Waals surface area (Å²) >= 11 is 6.02. The minimum absolute atomic E-state index is 0.259. The fourth-order valence-electron chi connectivity index (χ4n) is 1.53. The van der Waals surface area contributed by atoms with Crippen LogP contribution in [0.4, 0.5) is 0 Å². The van der Waals surface area contributed by atoms with Crippen LogP contribution in [-0.2, 0) is 12.8 Å². The summed E-state index contributed by atoms with van der Waals surface area (Å²) in [7, 11) is 0. The van der Waals surface area contributed by atoms with Gasteiger partial charge in [-0.1, -0.05) is 0 Å². The van der Waals surface area contributed by atoms with E-state index in [1.54, 1.807) is 0 Å². The van der Waals surface area contributed by atoms with E-state index in [1.807, 2.05) is 13.1 Å². The van der Waals surface area contributed by atoms with Gasteiger partial charge in [0.05, 0.1) is 17.1 Å². The smallest absolute Gasteiger partial charge is 0.0633 e. The molecule has 0 amide bonds. The Morgan fingerprint density at radius 3 is 3.17 bits per heavy atom. The van der Waals surface area contributed by atoms with Crippen molar-refractivity contribution in [1.29, 1.82) is 0 Å². The normalized spacial score (nSPS) is 22.0. The van der Waals surface area contributed by atoms with Crippen molar-refractivity contribution in [2.24, 2.45) is 0 Å². The van der Waals surface area contributed by atoms with Gasteiger partial charge in [-0.15, -0.1) is 11.6 Å². The summed E-state index contributed by atoms with van der Waals surface area (Å²) in [5.41, 5.74) is 3.24. The van der Waals surface area contributed by atoms with Crippen LogP contribution in [0.5, 0.6) is 0 Å².